The Labute approximate surface area is 67.2 Å². The van der Waals surface area contributed by atoms with Crippen LogP contribution >= 0.6 is 0 Å². The summed E-state index contributed by atoms with van der Waals surface area (Å²) in [5.41, 5.74) is 0. The van der Waals surface area contributed by atoms with Gasteiger partial charge < -0.3 is 4.74 Å². The lowest BCUT2D eigenvalue weighted by molar-refractivity contribution is -0.114. The Kier molecular flexibility index (Phi) is 3.30. The van der Waals surface area contributed by atoms with E-state index in [4.69, 9.17) is 4.74 Å². The molecule has 0 spiro atoms. The van der Waals surface area contributed by atoms with Gasteiger partial charge in [0, 0.05) is 19.6 Å². The van der Waals surface area contributed by atoms with E-state index in [9.17, 15) is 4.79 Å². The standard InChI is InChI=1S/C9H14O2/c1-2-11-6-5-8-3-4-9(10)7-8/h3-4,8H,2,5-7H2,1H3/t8-/m1/s1. The summed E-state index contributed by atoms with van der Waals surface area (Å²) >= 11 is 0. The Bertz CT molecular complexity index is 161. The zero-order chi connectivity index (χ0) is 8.10. The van der Waals surface area contributed by atoms with Crippen molar-refractivity contribution >= 4 is 5.78 Å². The Hall–Kier alpha value is -0.630. The summed E-state index contributed by atoms with van der Waals surface area (Å²) in [4.78, 5) is 10.8. The molecule has 1 aliphatic carbocycles. The minimum atomic E-state index is 0.256. The molecule has 0 fully saturated rings. The van der Waals surface area contributed by atoms with Crippen LogP contribution in [0.4, 0.5) is 0 Å². The molecule has 0 saturated heterocycles. The zero-order valence-electron chi connectivity index (χ0n) is 6.88. The lowest BCUT2D eigenvalue weighted by atomic mass is 10.1. The lowest BCUT2D eigenvalue weighted by Gasteiger charge is -2.05. The molecule has 2 nitrogen and oxygen atoms in total. The van der Waals surface area contributed by atoms with E-state index in [1.807, 2.05) is 13.0 Å². The van der Waals surface area contributed by atoms with Gasteiger partial charge in [-0.25, -0.2) is 0 Å². The van der Waals surface area contributed by atoms with Gasteiger partial charge in [0.25, 0.3) is 0 Å². The Morgan fingerprint density at radius 2 is 2.55 bits per heavy atom. The van der Waals surface area contributed by atoms with Crippen molar-refractivity contribution < 1.29 is 9.53 Å². The summed E-state index contributed by atoms with van der Waals surface area (Å²) in [6.07, 6.45) is 5.33. The molecule has 2 heteroatoms. The SMILES string of the molecule is CCOCC[C@H]1C=CC(=O)C1. The summed E-state index contributed by atoms with van der Waals surface area (Å²) in [6.45, 7) is 3.53. The largest absolute Gasteiger partial charge is 0.382 e. The van der Waals surface area contributed by atoms with Gasteiger partial charge in [-0.2, -0.15) is 0 Å². The molecule has 1 rings (SSSR count). The van der Waals surface area contributed by atoms with Gasteiger partial charge in [0.05, 0.1) is 0 Å². The molecule has 0 aromatic rings. The second-order valence-corrected chi connectivity index (χ2v) is 2.78. The first-order chi connectivity index (χ1) is 5.33. The highest BCUT2D eigenvalue weighted by molar-refractivity contribution is 5.92. The fraction of sp³-hybridized carbons (Fsp3) is 0.667. The number of rotatable bonds is 4. The summed E-state index contributed by atoms with van der Waals surface area (Å²) in [5, 5.41) is 0. The Morgan fingerprint density at radius 3 is 3.09 bits per heavy atom. The van der Waals surface area contributed by atoms with E-state index in [-0.39, 0.29) is 5.78 Å². The third-order valence-corrected chi connectivity index (χ3v) is 1.85. The molecule has 0 aliphatic heterocycles. The third-order valence-electron chi connectivity index (χ3n) is 1.85. The molecule has 62 valence electrons. The number of ketones is 1. The first kappa shape index (κ1) is 8.47. The molecule has 1 atom stereocenters. The predicted octanol–water partition coefficient (Wildman–Crippen LogP) is 1.56. The van der Waals surface area contributed by atoms with Gasteiger partial charge in [-0.05, 0) is 25.3 Å². The molecule has 0 amide bonds. The molecule has 0 N–H and O–H groups in total. The second kappa shape index (κ2) is 4.29. The Morgan fingerprint density at radius 1 is 1.73 bits per heavy atom. The molecular formula is C9H14O2. The van der Waals surface area contributed by atoms with Gasteiger partial charge in [-0.1, -0.05) is 6.08 Å². The van der Waals surface area contributed by atoms with E-state index in [1.54, 1.807) is 6.08 Å². The number of hydrogen-bond donors (Lipinski definition) is 0. The van der Waals surface area contributed by atoms with E-state index in [1.165, 1.54) is 0 Å². The van der Waals surface area contributed by atoms with Gasteiger partial charge in [-0.15, -0.1) is 0 Å². The number of carbonyl (C=O) groups is 1. The van der Waals surface area contributed by atoms with Crippen LogP contribution in [-0.2, 0) is 9.53 Å². The predicted molar refractivity (Wildman–Crippen MR) is 43.4 cm³/mol. The van der Waals surface area contributed by atoms with E-state index >= 15 is 0 Å². The van der Waals surface area contributed by atoms with Crippen molar-refractivity contribution in [2.75, 3.05) is 13.2 Å². The topological polar surface area (TPSA) is 26.3 Å². The van der Waals surface area contributed by atoms with Crippen LogP contribution in [0.5, 0.6) is 0 Å². The number of allylic oxidation sites excluding steroid dienone is 2. The molecule has 0 unspecified atom stereocenters. The molecule has 0 aromatic carbocycles. The molecule has 0 saturated carbocycles. The quantitative estimate of drug-likeness (QED) is 0.574. The molecule has 11 heavy (non-hydrogen) atoms. The van der Waals surface area contributed by atoms with Gasteiger partial charge in [-0.3, -0.25) is 4.79 Å². The zero-order valence-corrected chi connectivity index (χ0v) is 6.88. The lowest BCUT2D eigenvalue weighted by Crippen LogP contribution is -2.02. The summed E-state index contributed by atoms with van der Waals surface area (Å²) < 4.78 is 5.19. The van der Waals surface area contributed by atoms with Crippen molar-refractivity contribution in [2.45, 2.75) is 19.8 Å². The molecule has 0 heterocycles. The van der Waals surface area contributed by atoms with E-state index < -0.39 is 0 Å². The van der Waals surface area contributed by atoms with Crippen LogP contribution in [0, 0.1) is 5.92 Å². The fourth-order valence-electron chi connectivity index (χ4n) is 1.22. The molecule has 1 aliphatic rings. The van der Waals surface area contributed by atoms with Gasteiger partial charge >= 0.3 is 0 Å². The fourth-order valence-corrected chi connectivity index (χ4v) is 1.22. The van der Waals surface area contributed by atoms with Crippen LogP contribution in [0.1, 0.15) is 19.8 Å². The maximum absolute atomic E-state index is 10.8. The van der Waals surface area contributed by atoms with Crippen molar-refractivity contribution in [3.8, 4) is 0 Å². The minimum absolute atomic E-state index is 0.256. The maximum atomic E-state index is 10.8. The van der Waals surface area contributed by atoms with Crippen LogP contribution in [0.15, 0.2) is 12.2 Å². The van der Waals surface area contributed by atoms with Gasteiger partial charge in [0.1, 0.15) is 0 Å². The third kappa shape index (κ3) is 2.85. The first-order valence-electron chi connectivity index (χ1n) is 4.11. The Balaban J connectivity index is 2.09. The highest BCUT2D eigenvalue weighted by Gasteiger charge is 2.14. The minimum Gasteiger partial charge on any atom is -0.382 e. The average molecular weight is 154 g/mol. The van der Waals surface area contributed by atoms with Crippen molar-refractivity contribution in [1.29, 1.82) is 0 Å². The van der Waals surface area contributed by atoms with Crippen LogP contribution in [0.25, 0.3) is 0 Å². The van der Waals surface area contributed by atoms with E-state index in [2.05, 4.69) is 0 Å². The average Bonchev–Trinajstić information content (AvgIpc) is 2.37. The monoisotopic (exact) mass is 154 g/mol. The van der Waals surface area contributed by atoms with Crippen LogP contribution in [0.2, 0.25) is 0 Å². The summed E-state index contributed by atoms with van der Waals surface area (Å²) in [7, 11) is 0. The van der Waals surface area contributed by atoms with Crippen molar-refractivity contribution in [3.05, 3.63) is 12.2 Å². The molecule has 0 radical (unpaired) electrons. The maximum Gasteiger partial charge on any atom is 0.155 e. The van der Waals surface area contributed by atoms with E-state index in [0.717, 1.165) is 19.6 Å². The van der Waals surface area contributed by atoms with Crippen LogP contribution in [-0.4, -0.2) is 19.0 Å². The highest BCUT2D eigenvalue weighted by Crippen LogP contribution is 2.17. The van der Waals surface area contributed by atoms with Gasteiger partial charge in [0.15, 0.2) is 5.78 Å². The van der Waals surface area contributed by atoms with Gasteiger partial charge in [0.2, 0.25) is 0 Å². The van der Waals surface area contributed by atoms with Crippen molar-refractivity contribution in [2.24, 2.45) is 5.92 Å². The first-order valence-corrected chi connectivity index (χ1v) is 4.11. The summed E-state index contributed by atoms with van der Waals surface area (Å²) in [6, 6.07) is 0. The molecular weight excluding hydrogens is 140 g/mol. The normalized spacial score (nSPS) is 23.0. The molecule has 0 aromatic heterocycles. The number of ether oxygens (including phenoxy) is 1. The molecule has 0 bridgehead atoms. The highest BCUT2D eigenvalue weighted by atomic mass is 16.5. The van der Waals surface area contributed by atoms with Crippen LogP contribution < -0.4 is 0 Å². The smallest absolute Gasteiger partial charge is 0.155 e. The number of carbonyl (C=O) groups excluding carboxylic acids is 1. The van der Waals surface area contributed by atoms with E-state index in [0.29, 0.717) is 12.3 Å². The van der Waals surface area contributed by atoms with Crippen LogP contribution in [0.3, 0.4) is 0 Å². The second-order valence-electron chi connectivity index (χ2n) is 2.78. The summed E-state index contributed by atoms with van der Waals surface area (Å²) in [5.74, 6) is 0.695. The number of hydrogen-bond acceptors (Lipinski definition) is 2. The van der Waals surface area contributed by atoms with Crippen molar-refractivity contribution in [1.82, 2.24) is 0 Å². The van der Waals surface area contributed by atoms with Crippen molar-refractivity contribution in [3.63, 3.8) is 0 Å².